The van der Waals surface area contributed by atoms with E-state index in [-0.39, 0.29) is 17.9 Å². The molecule has 0 radical (unpaired) electrons. The van der Waals surface area contributed by atoms with Gasteiger partial charge in [-0.1, -0.05) is 11.6 Å². The zero-order valence-corrected chi connectivity index (χ0v) is 15.3. The molecule has 2 rings (SSSR count). The van der Waals surface area contributed by atoms with E-state index >= 15 is 0 Å². The van der Waals surface area contributed by atoms with E-state index in [9.17, 15) is 9.59 Å². The number of nitrogens with zero attached hydrogens (tertiary/aromatic N) is 2. The number of carbonyl (C=O) groups is 2. The summed E-state index contributed by atoms with van der Waals surface area (Å²) in [5.74, 6) is -0.121. The first-order chi connectivity index (χ1) is 11.8. The number of aromatic nitrogens is 1. The van der Waals surface area contributed by atoms with E-state index in [0.717, 1.165) is 0 Å². The molecule has 0 bridgehead atoms. The van der Waals surface area contributed by atoms with Crippen LogP contribution in [0.2, 0.25) is 5.02 Å². The Morgan fingerprint density at radius 3 is 2.48 bits per heavy atom. The Kier molecular flexibility index (Phi) is 5.98. The van der Waals surface area contributed by atoms with E-state index in [4.69, 9.17) is 16.3 Å². The van der Waals surface area contributed by atoms with Crippen LogP contribution in [0.15, 0.2) is 36.5 Å². The van der Waals surface area contributed by atoms with Crippen molar-refractivity contribution in [3.05, 3.63) is 52.7 Å². The van der Waals surface area contributed by atoms with E-state index in [1.54, 1.807) is 44.4 Å². The van der Waals surface area contributed by atoms with E-state index < -0.39 is 0 Å². The molecule has 132 valence electrons. The summed E-state index contributed by atoms with van der Waals surface area (Å²) in [6.07, 6.45) is 1.45. The molecule has 1 aromatic heterocycles. The van der Waals surface area contributed by atoms with Crippen LogP contribution in [0.1, 0.15) is 34.6 Å². The van der Waals surface area contributed by atoms with Crippen molar-refractivity contribution < 1.29 is 14.3 Å². The van der Waals surface area contributed by atoms with Crippen molar-refractivity contribution >= 4 is 29.1 Å². The minimum Gasteiger partial charge on any atom is -0.475 e. The molecule has 1 N–H and O–H groups in total. The molecule has 0 saturated carbocycles. The average molecular weight is 362 g/mol. The van der Waals surface area contributed by atoms with Crippen molar-refractivity contribution in [1.82, 2.24) is 9.88 Å². The fourth-order valence-corrected chi connectivity index (χ4v) is 2.24. The molecule has 7 heteroatoms. The Morgan fingerprint density at radius 1 is 1.20 bits per heavy atom. The number of benzene rings is 1. The van der Waals surface area contributed by atoms with Gasteiger partial charge in [0.15, 0.2) is 0 Å². The largest absolute Gasteiger partial charge is 0.475 e. The Morgan fingerprint density at radius 2 is 1.92 bits per heavy atom. The Labute approximate surface area is 151 Å². The molecular formula is C18H20ClN3O3. The lowest BCUT2D eigenvalue weighted by Gasteiger charge is -2.13. The van der Waals surface area contributed by atoms with E-state index in [1.807, 2.05) is 13.8 Å². The molecule has 1 heterocycles. The van der Waals surface area contributed by atoms with E-state index in [0.29, 0.717) is 27.7 Å². The second kappa shape index (κ2) is 7.98. The highest BCUT2D eigenvalue weighted by atomic mass is 35.5. The number of anilines is 1. The first kappa shape index (κ1) is 18.7. The highest BCUT2D eigenvalue weighted by molar-refractivity contribution is 6.34. The number of hydrogen-bond donors (Lipinski definition) is 1. The molecule has 1 aromatic carbocycles. The number of rotatable bonds is 5. The number of amides is 2. The standard InChI is InChI=1S/C18H20ClN3O3/c1-11(2)25-16-8-5-12(10-20-16)17(23)21-13-6-7-15(19)14(9-13)18(24)22(3)4/h5-11H,1-4H3,(H,21,23). The van der Waals surface area contributed by atoms with Gasteiger partial charge in [0.05, 0.1) is 22.3 Å². The molecule has 0 atom stereocenters. The van der Waals surface area contributed by atoms with Gasteiger partial charge in [-0.2, -0.15) is 0 Å². The van der Waals surface area contributed by atoms with Gasteiger partial charge in [0.1, 0.15) is 0 Å². The summed E-state index contributed by atoms with van der Waals surface area (Å²) >= 11 is 6.06. The van der Waals surface area contributed by atoms with E-state index in [2.05, 4.69) is 10.3 Å². The molecule has 0 saturated heterocycles. The Hall–Kier alpha value is -2.60. The molecule has 2 aromatic rings. The predicted molar refractivity (Wildman–Crippen MR) is 97.4 cm³/mol. The summed E-state index contributed by atoms with van der Waals surface area (Å²) in [6, 6.07) is 8.02. The van der Waals surface area contributed by atoms with Crippen LogP contribution in [-0.2, 0) is 0 Å². The van der Waals surface area contributed by atoms with Crippen molar-refractivity contribution in [2.75, 3.05) is 19.4 Å². The van der Waals surface area contributed by atoms with Crippen molar-refractivity contribution in [1.29, 1.82) is 0 Å². The van der Waals surface area contributed by atoms with Gasteiger partial charge in [-0.3, -0.25) is 9.59 Å². The van der Waals surface area contributed by atoms with Crippen molar-refractivity contribution in [3.8, 4) is 5.88 Å². The number of pyridine rings is 1. The molecule has 0 aliphatic carbocycles. The molecule has 2 amide bonds. The van der Waals surface area contributed by atoms with Crippen LogP contribution in [0.4, 0.5) is 5.69 Å². The molecule has 0 aliphatic rings. The van der Waals surface area contributed by atoms with E-state index in [1.165, 1.54) is 11.1 Å². The lowest BCUT2D eigenvalue weighted by Crippen LogP contribution is -2.22. The van der Waals surface area contributed by atoms with Gasteiger partial charge in [0.25, 0.3) is 11.8 Å². The third kappa shape index (κ3) is 4.93. The summed E-state index contributed by atoms with van der Waals surface area (Å²) in [5.41, 5.74) is 1.18. The summed E-state index contributed by atoms with van der Waals surface area (Å²) in [6.45, 7) is 3.80. The van der Waals surface area contributed by atoms with Gasteiger partial charge in [0, 0.05) is 32.0 Å². The molecule has 0 spiro atoms. The third-order valence-electron chi connectivity index (χ3n) is 3.22. The summed E-state index contributed by atoms with van der Waals surface area (Å²) < 4.78 is 5.45. The van der Waals surface area contributed by atoms with Gasteiger partial charge < -0.3 is 15.0 Å². The van der Waals surface area contributed by atoms with Crippen LogP contribution in [-0.4, -0.2) is 41.9 Å². The van der Waals surface area contributed by atoms with Crippen LogP contribution >= 0.6 is 11.6 Å². The SMILES string of the molecule is CC(C)Oc1ccc(C(=O)Nc2ccc(Cl)c(C(=O)N(C)C)c2)cn1. The first-order valence-corrected chi connectivity index (χ1v) is 8.11. The van der Waals surface area contributed by atoms with Gasteiger partial charge in [-0.25, -0.2) is 4.98 Å². The first-order valence-electron chi connectivity index (χ1n) is 7.73. The van der Waals surface area contributed by atoms with Crippen LogP contribution in [0, 0.1) is 0 Å². The fraction of sp³-hybridized carbons (Fsp3) is 0.278. The van der Waals surface area contributed by atoms with Gasteiger partial charge in [-0.15, -0.1) is 0 Å². The zero-order chi connectivity index (χ0) is 18.6. The van der Waals surface area contributed by atoms with Crippen molar-refractivity contribution in [2.45, 2.75) is 20.0 Å². The maximum Gasteiger partial charge on any atom is 0.257 e. The Bertz CT molecular complexity index is 774. The maximum atomic E-state index is 12.3. The summed E-state index contributed by atoms with van der Waals surface area (Å²) in [5, 5.41) is 3.06. The summed E-state index contributed by atoms with van der Waals surface area (Å²) in [7, 11) is 3.27. The number of carbonyl (C=O) groups excluding carboxylic acids is 2. The highest BCUT2D eigenvalue weighted by Crippen LogP contribution is 2.22. The highest BCUT2D eigenvalue weighted by Gasteiger charge is 2.14. The topological polar surface area (TPSA) is 71.5 Å². The van der Waals surface area contributed by atoms with Gasteiger partial charge in [0.2, 0.25) is 5.88 Å². The smallest absolute Gasteiger partial charge is 0.257 e. The molecule has 0 unspecified atom stereocenters. The summed E-state index contributed by atoms with van der Waals surface area (Å²) in [4.78, 5) is 30.0. The lowest BCUT2D eigenvalue weighted by molar-refractivity contribution is 0.0827. The molecule has 0 aliphatic heterocycles. The van der Waals surface area contributed by atoms with Crippen LogP contribution in [0.25, 0.3) is 0 Å². The monoisotopic (exact) mass is 361 g/mol. The number of nitrogens with one attached hydrogen (secondary N) is 1. The van der Waals surface area contributed by atoms with Crippen LogP contribution in [0.3, 0.4) is 0 Å². The number of halogens is 1. The van der Waals surface area contributed by atoms with Gasteiger partial charge >= 0.3 is 0 Å². The number of hydrogen-bond acceptors (Lipinski definition) is 4. The molecule has 6 nitrogen and oxygen atoms in total. The quantitative estimate of drug-likeness (QED) is 0.885. The second-order valence-corrected chi connectivity index (χ2v) is 6.31. The van der Waals surface area contributed by atoms with Crippen LogP contribution < -0.4 is 10.1 Å². The molecule has 25 heavy (non-hydrogen) atoms. The minimum absolute atomic E-state index is 0.00824. The second-order valence-electron chi connectivity index (χ2n) is 5.90. The van der Waals surface area contributed by atoms with Crippen molar-refractivity contribution in [3.63, 3.8) is 0 Å². The third-order valence-corrected chi connectivity index (χ3v) is 3.55. The predicted octanol–water partition coefficient (Wildman–Crippen LogP) is 3.48. The molecular weight excluding hydrogens is 342 g/mol. The maximum absolute atomic E-state index is 12.3. The van der Waals surface area contributed by atoms with Crippen molar-refractivity contribution in [2.24, 2.45) is 0 Å². The lowest BCUT2D eigenvalue weighted by atomic mass is 10.1. The fourth-order valence-electron chi connectivity index (χ4n) is 2.04. The average Bonchev–Trinajstić information content (AvgIpc) is 2.56. The zero-order valence-electron chi connectivity index (χ0n) is 14.5. The number of ether oxygens (including phenoxy) is 1. The Balaban J connectivity index is 2.15. The minimum atomic E-state index is -0.339. The van der Waals surface area contributed by atoms with Crippen LogP contribution in [0.5, 0.6) is 5.88 Å². The molecule has 0 fully saturated rings. The van der Waals surface area contributed by atoms with Gasteiger partial charge in [-0.05, 0) is 38.1 Å². The normalized spacial score (nSPS) is 10.5.